The minimum Gasteiger partial charge on any atom is -0.375 e. The van der Waals surface area contributed by atoms with E-state index in [1.807, 2.05) is 17.5 Å². The molecule has 0 spiro atoms. The number of hydrogen-bond donors (Lipinski definition) is 1. The van der Waals surface area contributed by atoms with E-state index in [4.69, 9.17) is 12.3 Å². The molecule has 2 N–H and O–H groups in total. The SMILES string of the molecule is [C-]#[N+]c1ccc(-c2csc(N)n2)cc1. The van der Waals surface area contributed by atoms with Gasteiger partial charge in [-0.2, -0.15) is 0 Å². The number of nitrogens with two attached hydrogens (primary N) is 1. The highest BCUT2D eigenvalue weighted by Gasteiger charge is 2.01. The van der Waals surface area contributed by atoms with Crippen LogP contribution in [0.2, 0.25) is 0 Å². The van der Waals surface area contributed by atoms with Gasteiger partial charge < -0.3 is 5.73 Å². The van der Waals surface area contributed by atoms with Crippen molar-refractivity contribution >= 4 is 22.2 Å². The van der Waals surface area contributed by atoms with Crippen LogP contribution in [0.3, 0.4) is 0 Å². The first-order valence-electron chi connectivity index (χ1n) is 3.98. The van der Waals surface area contributed by atoms with Crippen molar-refractivity contribution in [3.8, 4) is 11.3 Å². The van der Waals surface area contributed by atoms with Crippen LogP contribution < -0.4 is 5.73 Å². The lowest BCUT2D eigenvalue weighted by atomic mass is 10.1. The van der Waals surface area contributed by atoms with Crippen molar-refractivity contribution in [1.29, 1.82) is 0 Å². The molecule has 0 atom stereocenters. The van der Waals surface area contributed by atoms with Crippen molar-refractivity contribution in [2.45, 2.75) is 0 Å². The van der Waals surface area contributed by atoms with Crippen LogP contribution in [-0.4, -0.2) is 4.98 Å². The van der Waals surface area contributed by atoms with E-state index in [-0.39, 0.29) is 0 Å². The van der Waals surface area contributed by atoms with Crippen LogP contribution in [0.15, 0.2) is 29.6 Å². The Labute approximate surface area is 85.7 Å². The monoisotopic (exact) mass is 201 g/mol. The molecule has 0 radical (unpaired) electrons. The van der Waals surface area contributed by atoms with E-state index in [0.29, 0.717) is 10.8 Å². The Hall–Kier alpha value is -1.86. The lowest BCUT2D eigenvalue weighted by Crippen LogP contribution is -1.82. The van der Waals surface area contributed by atoms with Crippen LogP contribution in [-0.2, 0) is 0 Å². The summed E-state index contributed by atoms with van der Waals surface area (Å²) in [5.74, 6) is 0. The lowest BCUT2D eigenvalue weighted by Gasteiger charge is -1.95. The van der Waals surface area contributed by atoms with Crippen molar-refractivity contribution in [3.63, 3.8) is 0 Å². The van der Waals surface area contributed by atoms with Crippen LogP contribution in [0.1, 0.15) is 0 Å². The van der Waals surface area contributed by atoms with Gasteiger partial charge in [-0.1, -0.05) is 24.3 Å². The largest absolute Gasteiger partial charge is 0.375 e. The van der Waals surface area contributed by atoms with Crippen molar-refractivity contribution in [2.24, 2.45) is 0 Å². The normalized spacial score (nSPS) is 9.64. The predicted octanol–water partition coefficient (Wildman–Crippen LogP) is 2.94. The van der Waals surface area contributed by atoms with Gasteiger partial charge in [-0.05, 0) is 5.56 Å². The quantitative estimate of drug-likeness (QED) is 0.721. The maximum atomic E-state index is 6.81. The summed E-state index contributed by atoms with van der Waals surface area (Å²) in [5.41, 5.74) is 8.02. The number of nitrogens with zero attached hydrogens (tertiary/aromatic N) is 2. The van der Waals surface area contributed by atoms with Gasteiger partial charge in [-0.3, -0.25) is 0 Å². The summed E-state index contributed by atoms with van der Waals surface area (Å²) in [7, 11) is 0. The molecule has 0 aliphatic rings. The molecule has 68 valence electrons. The van der Waals surface area contributed by atoms with E-state index < -0.39 is 0 Å². The van der Waals surface area contributed by atoms with Crippen LogP contribution in [0, 0.1) is 6.57 Å². The van der Waals surface area contributed by atoms with Gasteiger partial charge in [0.15, 0.2) is 10.8 Å². The molecule has 4 heteroatoms. The topological polar surface area (TPSA) is 43.3 Å². The Morgan fingerprint density at radius 3 is 2.50 bits per heavy atom. The van der Waals surface area contributed by atoms with Gasteiger partial charge >= 0.3 is 0 Å². The second-order valence-corrected chi connectivity index (χ2v) is 3.62. The molecule has 0 bridgehead atoms. The van der Waals surface area contributed by atoms with Gasteiger partial charge in [0.25, 0.3) is 0 Å². The minimum atomic E-state index is 0.564. The molecule has 0 fully saturated rings. The van der Waals surface area contributed by atoms with Crippen molar-refractivity contribution in [1.82, 2.24) is 4.98 Å². The number of hydrogen-bond acceptors (Lipinski definition) is 3. The summed E-state index contributed by atoms with van der Waals surface area (Å²) in [6.45, 7) is 6.81. The molecule has 1 heterocycles. The fourth-order valence-corrected chi connectivity index (χ4v) is 1.70. The number of thiazole rings is 1. The molecule has 2 aromatic rings. The standard InChI is InChI=1S/C10H7N3S/c1-12-8-4-2-7(3-5-8)9-6-14-10(11)13-9/h2-6H,(H2,11,13). The van der Waals surface area contributed by atoms with E-state index >= 15 is 0 Å². The summed E-state index contributed by atoms with van der Waals surface area (Å²) in [4.78, 5) is 7.47. The van der Waals surface area contributed by atoms with Gasteiger partial charge in [-0.25, -0.2) is 9.83 Å². The number of rotatable bonds is 1. The first-order valence-corrected chi connectivity index (χ1v) is 4.86. The third-order valence-electron chi connectivity index (χ3n) is 1.81. The van der Waals surface area contributed by atoms with Gasteiger partial charge in [-0.15, -0.1) is 11.3 Å². The van der Waals surface area contributed by atoms with Gasteiger partial charge in [0, 0.05) is 5.38 Å². The number of anilines is 1. The van der Waals surface area contributed by atoms with Crippen LogP contribution >= 0.6 is 11.3 Å². The van der Waals surface area contributed by atoms with E-state index in [9.17, 15) is 0 Å². The molecule has 0 aliphatic heterocycles. The maximum absolute atomic E-state index is 6.81. The fourth-order valence-electron chi connectivity index (χ4n) is 1.13. The third kappa shape index (κ3) is 1.58. The van der Waals surface area contributed by atoms with Crippen molar-refractivity contribution < 1.29 is 0 Å². The Morgan fingerprint density at radius 2 is 2.00 bits per heavy atom. The lowest BCUT2D eigenvalue weighted by molar-refractivity contribution is 1.41. The Kier molecular flexibility index (Phi) is 2.17. The molecular weight excluding hydrogens is 194 g/mol. The Balaban J connectivity index is 2.39. The molecule has 3 nitrogen and oxygen atoms in total. The van der Waals surface area contributed by atoms with E-state index in [1.54, 1.807) is 12.1 Å². The Morgan fingerprint density at radius 1 is 1.29 bits per heavy atom. The highest BCUT2D eigenvalue weighted by atomic mass is 32.1. The first-order chi connectivity index (χ1) is 6.79. The van der Waals surface area contributed by atoms with Crippen molar-refractivity contribution in [2.75, 3.05) is 5.73 Å². The molecule has 0 unspecified atom stereocenters. The summed E-state index contributed by atoms with van der Waals surface area (Å²) in [5, 5.41) is 2.47. The minimum absolute atomic E-state index is 0.564. The fraction of sp³-hybridized carbons (Fsp3) is 0. The molecule has 2 rings (SSSR count). The van der Waals surface area contributed by atoms with Gasteiger partial charge in [0.1, 0.15) is 0 Å². The first kappa shape index (κ1) is 8.73. The summed E-state index contributed by atoms with van der Waals surface area (Å²) in [6, 6.07) is 7.31. The zero-order valence-electron chi connectivity index (χ0n) is 7.27. The van der Waals surface area contributed by atoms with E-state index in [1.165, 1.54) is 11.3 Å². The number of aromatic nitrogens is 1. The van der Waals surface area contributed by atoms with E-state index in [0.717, 1.165) is 11.3 Å². The second-order valence-electron chi connectivity index (χ2n) is 2.73. The summed E-state index contributed by atoms with van der Waals surface area (Å²) < 4.78 is 0. The van der Waals surface area contributed by atoms with Crippen LogP contribution in [0.5, 0.6) is 0 Å². The second kappa shape index (κ2) is 3.48. The highest BCUT2D eigenvalue weighted by Crippen LogP contribution is 2.24. The van der Waals surface area contributed by atoms with Crippen molar-refractivity contribution in [3.05, 3.63) is 41.1 Å². The summed E-state index contributed by atoms with van der Waals surface area (Å²) in [6.07, 6.45) is 0. The van der Waals surface area contributed by atoms with Gasteiger partial charge in [0.05, 0.1) is 12.3 Å². The zero-order valence-corrected chi connectivity index (χ0v) is 8.08. The summed E-state index contributed by atoms with van der Waals surface area (Å²) >= 11 is 1.42. The zero-order chi connectivity index (χ0) is 9.97. The number of benzene rings is 1. The molecule has 0 saturated carbocycles. The van der Waals surface area contributed by atoms with Crippen LogP contribution in [0.4, 0.5) is 10.8 Å². The average molecular weight is 201 g/mol. The highest BCUT2D eigenvalue weighted by molar-refractivity contribution is 7.13. The predicted molar refractivity (Wildman–Crippen MR) is 58.2 cm³/mol. The average Bonchev–Trinajstić information content (AvgIpc) is 2.65. The maximum Gasteiger partial charge on any atom is 0.187 e. The third-order valence-corrected chi connectivity index (χ3v) is 2.49. The molecule has 1 aromatic heterocycles. The molecule has 1 aromatic carbocycles. The van der Waals surface area contributed by atoms with E-state index in [2.05, 4.69) is 9.83 Å². The molecular formula is C10H7N3S. The van der Waals surface area contributed by atoms with Gasteiger partial charge in [0.2, 0.25) is 0 Å². The number of nitrogen functional groups attached to an aromatic ring is 1. The molecule has 14 heavy (non-hydrogen) atoms. The molecule has 0 saturated heterocycles. The molecule has 0 amide bonds. The molecule has 0 aliphatic carbocycles. The van der Waals surface area contributed by atoms with Crippen LogP contribution in [0.25, 0.3) is 16.1 Å². The smallest absolute Gasteiger partial charge is 0.187 e. The Bertz CT molecular complexity index is 479.